The van der Waals surface area contributed by atoms with E-state index in [1.54, 1.807) is 7.11 Å². The van der Waals surface area contributed by atoms with Crippen LogP contribution in [0.15, 0.2) is 5.11 Å². The quantitative estimate of drug-likeness (QED) is 0.411. The van der Waals surface area contributed by atoms with Gasteiger partial charge in [0.05, 0.1) is 12.1 Å². The summed E-state index contributed by atoms with van der Waals surface area (Å²) in [5, 5.41) is 3.66. The third-order valence-corrected chi connectivity index (χ3v) is 2.53. The number of nitrogens with two attached hydrogens (primary N) is 1. The van der Waals surface area contributed by atoms with Gasteiger partial charge in [-0.15, -0.1) is 0 Å². The predicted octanol–water partition coefficient (Wildman–Crippen LogP) is 1.16. The van der Waals surface area contributed by atoms with Gasteiger partial charge in [0.15, 0.2) is 6.29 Å². The Labute approximate surface area is 83.0 Å². The summed E-state index contributed by atoms with van der Waals surface area (Å²) in [4.78, 5) is 2.78. The molecule has 0 saturated carbocycles. The number of azide groups is 1. The molecule has 80 valence electrons. The number of rotatable bonds is 2. The van der Waals surface area contributed by atoms with E-state index < -0.39 is 5.54 Å². The Kier molecular flexibility index (Phi) is 3.34. The number of methoxy groups -OCH3 is 1. The zero-order valence-corrected chi connectivity index (χ0v) is 8.67. The number of hydrogen-bond acceptors (Lipinski definition) is 4. The molecular weight excluding hydrogens is 184 g/mol. The van der Waals surface area contributed by atoms with Gasteiger partial charge in [0.1, 0.15) is 0 Å². The summed E-state index contributed by atoms with van der Waals surface area (Å²) in [5.74, 6) is 0. The predicted molar refractivity (Wildman–Crippen MR) is 51.5 cm³/mol. The van der Waals surface area contributed by atoms with Gasteiger partial charge in [-0.2, -0.15) is 0 Å². The number of hydrogen-bond donors (Lipinski definition) is 1. The molecule has 1 fully saturated rings. The van der Waals surface area contributed by atoms with Crippen molar-refractivity contribution in [2.24, 2.45) is 10.8 Å². The summed E-state index contributed by atoms with van der Waals surface area (Å²) in [7, 11) is 1.57. The molecule has 2 N–H and O–H groups in total. The van der Waals surface area contributed by atoms with Gasteiger partial charge in [0.2, 0.25) is 0 Å². The molecule has 0 bridgehead atoms. The first-order valence-corrected chi connectivity index (χ1v) is 4.52. The second-order valence-corrected chi connectivity index (χ2v) is 3.87. The van der Waals surface area contributed by atoms with E-state index in [4.69, 9.17) is 20.7 Å². The molecule has 1 saturated heterocycles. The highest BCUT2D eigenvalue weighted by Gasteiger charge is 2.42. The smallest absolute Gasteiger partial charge is 0.159 e. The van der Waals surface area contributed by atoms with Crippen LogP contribution in [-0.2, 0) is 9.47 Å². The van der Waals surface area contributed by atoms with Crippen LogP contribution in [0.4, 0.5) is 0 Å². The third kappa shape index (κ3) is 2.16. The maximum Gasteiger partial charge on any atom is 0.159 e. The lowest BCUT2D eigenvalue weighted by Gasteiger charge is -2.43. The molecule has 14 heavy (non-hydrogen) atoms. The van der Waals surface area contributed by atoms with Gasteiger partial charge >= 0.3 is 0 Å². The topological polar surface area (TPSA) is 93.2 Å². The Morgan fingerprint density at radius 3 is 2.79 bits per heavy atom. The monoisotopic (exact) mass is 200 g/mol. The molecule has 1 aliphatic rings. The van der Waals surface area contributed by atoms with Crippen molar-refractivity contribution in [3.05, 3.63) is 10.4 Å². The zero-order chi connectivity index (χ0) is 10.8. The molecule has 1 aliphatic heterocycles. The average molecular weight is 200 g/mol. The number of nitrogens with zero attached hydrogens (tertiary/aromatic N) is 3. The van der Waals surface area contributed by atoms with Crippen molar-refractivity contribution in [3.63, 3.8) is 0 Å². The van der Waals surface area contributed by atoms with Crippen LogP contribution in [0, 0.1) is 0 Å². The molecule has 0 aromatic heterocycles. The van der Waals surface area contributed by atoms with E-state index in [0.717, 1.165) is 0 Å². The van der Waals surface area contributed by atoms with Crippen LogP contribution in [0.3, 0.4) is 0 Å². The molecule has 0 radical (unpaired) electrons. The van der Waals surface area contributed by atoms with E-state index in [1.807, 2.05) is 13.8 Å². The minimum atomic E-state index is -0.579. The Morgan fingerprint density at radius 2 is 2.36 bits per heavy atom. The maximum absolute atomic E-state index is 8.41. The molecule has 0 amide bonds. The van der Waals surface area contributed by atoms with E-state index in [0.29, 0.717) is 6.42 Å². The first-order chi connectivity index (χ1) is 6.51. The van der Waals surface area contributed by atoms with E-state index >= 15 is 0 Å². The molecule has 0 spiro atoms. The summed E-state index contributed by atoms with van der Waals surface area (Å²) < 4.78 is 10.6. The largest absolute Gasteiger partial charge is 0.356 e. The number of ether oxygens (including phenoxy) is 2. The van der Waals surface area contributed by atoms with Crippen LogP contribution < -0.4 is 5.73 Å². The standard InChI is InChI=1S/C8H16N4O2/c1-5-7(11-12-10)8(2,9)4-6(13-3)14-5/h5-7H,4,9H2,1-3H3/t5-,6+,7+,8+/m0/s1. The van der Waals surface area contributed by atoms with Gasteiger partial charge in [-0.3, -0.25) is 0 Å². The minimum Gasteiger partial charge on any atom is -0.356 e. The summed E-state index contributed by atoms with van der Waals surface area (Å²) in [6.07, 6.45) is -0.0120. The molecular formula is C8H16N4O2. The average Bonchev–Trinajstić information content (AvgIpc) is 2.10. The van der Waals surface area contributed by atoms with Crippen LogP contribution in [0.2, 0.25) is 0 Å². The van der Waals surface area contributed by atoms with Crippen LogP contribution in [-0.4, -0.2) is 31.1 Å². The Bertz CT molecular complexity index is 250. The Hall–Kier alpha value is -0.810. The van der Waals surface area contributed by atoms with Crippen LogP contribution >= 0.6 is 0 Å². The van der Waals surface area contributed by atoms with Gasteiger partial charge in [-0.1, -0.05) is 5.11 Å². The van der Waals surface area contributed by atoms with Crippen molar-refractivity contribution >= 4 is 0 Å². The Balaban J connectivity index is 2.82. The first-order valence-electron chi connectivity index (χ1n) is 4.52. The highest BCUT2D eigenvalue weighted by Crippen LogP contribution is 2.29. The van der Waals surface area contributed by atoms with Gasteiger partial charge in [-0.25, -0.2) is 0 Å². The maximum atomic E-state index is 8.41. The van der Waals surface area contributed by atoms with Crippen LogP contribution in [0.25, 0.3) is 10.4 Å². The van der Waals surface area contributed by atoms with Crippen LogP contribution in [0.5, 0.6) is 0 Å². The van der Waals surface area contributed by atoms with E-state index in [9.17, 15) is 0 Å². The molecule has 0 aromatic carbocycles. The summed E-state index contributed by atoms with van der Waals surface area (Å²) in [6, 6.07) is -0.348. The Morgan fingerprint density at radius 1 is 1.71 bits per heavy atom. The zero-order valence-electron chi connectivity index (χ0n) is 8.67. The fourth-order valence-electron chi connectivity index (χ4n) is 1.80. The highest BCUT2D eigenvalue weighted by atomic mass is 16.7. The lowest BCUT2D eigenvalue weighted by molar-refractivity contribution is -0.196. The SMILES string of the molecule is CO[C@H]1C[C@@](C)(N)[C@H](N=[N+]=[N-])[C@H](C)O1. The second-order valence-electron chi connectivity index (χ2n) is 3.87. The van der Waals surface area contributed by atoms with Gasteiger partial charge in [0.25, 0.3) is 0 Å². The molecule has 0 unspecified atom stereocenters. The van der Waals surface area contributed by atoms with Gasteiger partial charge in [0, 0.05) is 24.0 Å². The molecule has 1 heterocycles. The van der Waals surface area contributed by atoms with Crippen molar-refractivity contribution in [2.75, 3.05) is 7.11 Å². The molecule has 0 aromatic rings. The van der Waals surface area contributed by atoms with Crippen molar-refractivity contribution in [2.45, 2.75) is 44.2 Å². The molecule has 0 aliphatic carbocycles. The fraction of sp³-hybridized carbons (Fsp3) is 1.00. The first kappa shape index (κ1) is 11.3. The van der Waals surface area contributed by atoms with Gasteiger partial charge < -0.3 is 15.2 Å². The lowest BCUT2D eigenvalue weighted by atomic mass is 9.84. The van der Waals surface area contributed by atoms with E-state index in [2.05, 4.69) is 10.0 Å². The summed E-state index contributed by atoms with van der Waals surface area (Å²) in [5.41, 5.74) is 13.9. The molecule has 4 atom stereocenters. The van der Waals surface area contributed by atoms with Crippen molar-refractivity contribution in [1.29, 1.82) is 0 Å². The second kappa shape index (κ2) is 4.14. The fourth-order valence-corrected chi connectivity index (χ4v) is 1.80. The molecule has 6 heteroatoms. The van der Waals surface area contributed by atoms with Crippen molar-refractivity contribution in [3.8, 4) is 0 Å². The summed E-state index contributed by atoms with van der Waals surface area (Å²) >= 11 is 0. The van der Waals surface area contributed by atoms with Gasteiger partial charge in [-0.05, 0) is 19.4 Å². The molecule has 6 nitrogen and oxygen atoms in total. The van der Waals surface area contributed by atoms with E-state index in [1.165, 1.54) is 0 Å². The van der Waals surface area contributed by atoms with Crippen molar-refractivity contribution in [1.82, 2.24) is 0 Å². The normalized spacial score (nSPS) is 43.0. The van der Waals surface area contributed by atoms with Crippen molar-refractivity contribution < 1.29 is 9.47 Å². The highest BCUT2D eigenvalue weighted by molar-refractivity contribution is 4.99. The minimum absolute atomic E-state index is 0.223. The van der Waals surface area contributed by atoms with Crippen LogP contribution in [0.1, 0.15) is 20.3 Å². The molecule has 1 rings (SSSR count). The summed E-state index contributed by atoms with van der Waals surface area (Å²) in [6.45, 7) is 3.67. The van der Waals surface area contributed by atoms with E-state index in [-0.39, 0.29) is 18.4 Å². The third-order valence-electron chi connectivity index (χ3n) is 2.53. The lowest BCUT2D eigenvalue weighted by Crippen LogP contribution is -2.59.